The molecule has 24 heavy (non-hydrogen) atoms. The maximum atomic E-state index is 13.0. The molecule has 0 spiro atoms. The van der Waals surface area contributed by atoms with Gasteiger partial charge in [0.05, 0.1) is 0 Å². The maximum absolute atomic E-state index is 13.0. The van der Waals surface area contributed by atoms with E-state index < -0.39 is 6.04 Å². The lowest BCUT2D eigenvalue weighted by molar-refractivity contribution is -0.122. The van der Waals surface area contributed by atoms with Gasteiger partial charge in [0.15, 0.2) is 0 Å². The lowest BCUT2D eigenvalue weighted by atomic mass is 9.96. The molecule has 0 fully saturated rings. The van der Waals surface area contributed by atoms with Crippen molar-refractivity contribution in [2.45, 2.75) is 32.9 Å². The average Bonchev–Trinajstić information content (AvgIpc) is 2.94. The van der Waals surface area contributed by atoms with Gasteiger partial charge in [-0.25, -0.2) is 0 Å². The van der Waals surface area contributed by atoms with Gasteiger partial charge in [0.1, 0.15) is 11.7 Å². The molecule has 2 aromatic rings. The number of amides is 2. The summed E-state index contributed by atoms with van der Waals surface area (Å²) in [6.07, 6.45) is 2.54. The van der Waals surface area contributed by atoms with Gasteiger partial charge >= 0.3 is 0 Å². The monoisotopic (exact) mass is 326 g/mol. The highest BCUT2D eigenvalue weighted by atomic mass is 16.2. The highest BCUT2D eigenvalue weighted by Gasteiger charge is 2.37. The molecular formula is C18H22N4O2. The Balaban J connectivity index is 2.03. The van der Waals surface area contributed by atoms with Crippen LogP contribution in [0, 0.1) is 5.92 Å². The molecule has 6 heteroatoms. The van der Waals surface area contributed by atoms with Crippen molar-refractivity contribution in [3.8, 4) is 0 Å². The quantitative estimate of drug-likeness (QED) is 0.942. The first-order valence-corrected chi connectivity index (χ1v) is 8.20. The Morgan fingerprint density at radius 3 is 2.79 bits per heavy atom. The molecule has 1 aromatic heterocycles. The van der Waals surface area contributed by atoms with Gasteiger partial charge in [0.2, 0.25) is 5.91 Å². The number of nitrogens with one attached hydrogen (secondary N) is 1. The predicted molar refractivity (Wildman–Crippen MR) is 91.4 cm³/mol. The summed E-state index contributed by atoms with van der Waals surface area (Å²) in [5.41, 5.74) is 2.06. The van der Waals surface area contributed by atoms with Gasteiger partial charge in [0, 0.05) is 25.5 Å². The summed E-state index contributed by atoms with van der Waals surface area (Å²) in [6.45, 7) is 4.41. The molecule has 3 rings (SSSR count). The molecular weight excluding hydrogens is 304 g/mol. The largest absolute Gasteiger partial charge is 0.324 e. The second-order valence-electron chi connectivity index (χ2n) is 6.28. The van der Waals surface area contributed by atoms with E-state index >= 15 is 0 Å². The number of nitrogens with zero attached hydrogens (tertiary/aromatic N) is 3. The van der Waals surface area contributed by atoms with Crippen molar-refractivity contribution in [2.75, 3.05) is 5.32 Å². The van der Waals surface area contributed by atoms with Gasteiger partial charge in [-0.1, -0.05) is 38.5 Å². The third kappa shape index (κ3) is 2.91. The smallest absolute Gasteiger partial charge is 0.275 e. The van der Waals surface area contributed by atoms with Crippen LogP contribution in [0.25, 0.3) is 0 Å². The van der Waals surface area contributed by atoms with E-state index in [2.05, 4.69) is 10.4 Å². The number of rotatable bonds is 3. The van der Waals surface area contributed by atoms with Crippen LogP contribution in [-0.4, -0.2) is 32.5 Å². The Hall–Kier alpha value is -2.63. The average molecular weight is 326 g/mol. The first-order valence-electron chi connectivity index (χ1n) is 8.20. The summed E-state index contributed by atoms with van der Waals surface area (Å²) in [7, 11) is 1.77. The summed E-state index contributed by atoms with van der Waals surface area (Å²) >= 11 is 0. The summed E-state index contributed by atoms with van der Waals surface area (Å²) in [4.78, 5) is 27.5. The second kappa shape index (κ2) is 6.47. The van der Waals surface area contributed by atoms with E-state index in [4.69, 9.17) is 0 Å². The number of benzene rings is 1. The van der Waals surface area contributed by atoms with Crippen LogP contribution in [0.1, 0.15) is 36.3 Å². The number of hydrogen-bond acceptors (Lipinski definition) is 3. The Kier molecular flexibility index (Phi) is 4.38. The van der Waals surface area contributed by atoms with Gasteiger partial charge in [-0.2, -0.15) is 5.10 Å². The molecule has 2 amide bonds. The van der Waals surface area contributed by atoms with E-state index in [-0.39, 0.29) is 17.7 Å². The number of anilines is 1. The molecule has 0 unspecified atom stereocenters. The fourth-order valence-corrected chi connectivity index (χ4v) is 3.07. The molecule has 126 valence electrons. The molecule has 1 aromatic carbocycles. The van der Waals surface area contributed by atoms with Gasteiger partial charge in [-0.3, -0.25) is 14.3 Å². The molecule has 1 aliphatic rings. The van der Waals surface area contributed by atoms with E-state index in [9.17, 15) is 9.59 Å². The van der Waals surface area contributed by atoms with Crippen molar-refractivity contribution in [1.82, 2.24) is 14.7 Å². The Morgan fingerprint density at radius 2 is 2.12 bits per heavy atom. The zero-order valence-electron chi connectivity index (χ0n) is 14.2. The van der Waals surface area contributed by atoms with Crippen LogP contribution >= 0.6 is 0 Å². The van der Waals surface area contributed by atoms with Crippen LogP contribution in [-0.2, 0) is 18.4 Å². The van der Waals surface area contributed by atoms with E-state index in [1.807, 2.05) is 38.1 Å². The predicted octanol–water partition coefficient (Wildman–Crippen LogP) is 2.43. The van der Waals surface area contributed by atoms with Gasteiger partial charge in [0.25, 0.3) is 5.91 Å². The summed E-state index contributed by atoms with van der Waals surface area (Å²) in [5, 5.41) is 7.18. The second-order valence-corrected chi connectivity index (χ2v) is 6.28. The van der Waals surface area contributed by atoms with E-state index in [1.165, 1.54) is 0 Å². The van der Waals surface area contributed by atoms with Crippen molar-refractivity contribution in [3.05, 3.63) is 47.8 Å². The van der Waals surface area contributed by atoms with Crippen LogP contribution in [0.5, 0.6) is 0 Å². The number of aryl methyl sites for hydroxylation is 1. The fraction of sp³-hybridized carbons (Fsp3) is 0.389. The molecule has 0 saturated heterocycles. The minimum Gasteiger partial charge on any atom is -0.324 e. The van der Waals surface area contributed by atoms with Crippen LogP contribution in [0.4, 0.5) is 5.69 Å². The summed E-state index contributed by atoms with van der Waals surface area (Å²) < 4.78 is 1.59. The van der Waals surface area contributed by atoms with Crippen molar-refractivity contribution in [2.24, 2.45) is 13.0 Å². The van der Waals surface area contributed by atoms with Crippen LogP contribution in [0.15, 0.2) is 36.5 Å². The Bertz CT molecular complexity index is 768. The number of para-hydroxylation sites is 1. The van der Waals surface area contributed by atoms with Crippen molar-refractivity contribution in [3.63, 3.8) is 0 Å². The van der Waals surface area contributed by atoms with E-state index in [0.29, 0.717) is 12.2 Å². The number of carbonyl (C=O) groups excluding carboxylic acids is 2. The molecule has 0 radical (unpaired) electrons. The minimum atomic E-state index is -0.517. The SMILES string of the molecule is CC[C@H](C)[C@H]1C(=O)Nc2ccccc2CN1C(=O)c1ccn(C)n1. The zero-order valence-corrected chi connectivity index (χ0v) is 14.2. The first kappa shape index (κ1) is 16.2. The van der Waals surface area contributed by atoms with Crippen molar-refractivity contribution >= 4 is 17.5 Å². The standard InChI is InChI=1S/C18H22N4O2/c1-4-12(2)16-17(23)19-14-8-6-5-7-13(14)11-22(16)18(24)15-9-10-21(3)20-15/h5-10,12,16H,4,11H2,1-3H3,(H,19,23)/t12-,16-/m0/s1. The summed E-state index contributed by atoms with van der Waals surface area (Å²) in [6, 6.07) is 8.77. The summed E-state index contributed by atoms with van der Waals surface area (Å²) in [5.74, 6) is -0.307. The van der Waals surface area contributed by atoms with Gasteiger partial charge in [-0.15, -0.1) is 0 Å². The molecule has 1 aliphatic heterocycles. The zero-order chi connectivity index (χ0) is 17.3. The molecule has 0 saturated carbocycles. The third-order valence-corrected chi connectivity index (χ3v) is 4.60. The molecule has 1 N–H and O–H groups in total. The number of hydrogen-bond donors (Lipinski definition) is 1. The van der Waals surface area contributed by atoms with E-state index in [1.54, 1.807) is 28.9 Å². The van der Waals surface area contributed by atoms with Crippen LogP contribution in [0.3, 0.4) is 0 Å². The lowest BCUT2D eigenvalue weighted by Gasteiger charge is -2.31. The number of carbonyl (C=O) groups is 2. The maximum Gasteiger partial charge on any atom is 0.275 e. The molecule has 6 nitrogen and oxygen atoms in total. The highest BCUT2D eigenvalue weighted by molar-refractivity contribution is 6.02. The van der Waals surface area contributed by atoms with Crippen LogP contribution in [0.2, 0.25) is 0 Å². The molecule has 2 heterocycles. The topological polar surface area (TPSA) is 67.2 Å². The third-order valence-electron chi connectivity index (χ3n) is 4.60. The fourth-order valence-electron chi connectivity index (χ4n) is 3.07. The lowest BCUT2D eigenvalue weighted by Crippen LogP contribution is -2.49. The number of fused-ring (bicyclic) bond motifs is 1. The molecule has 2 atom stereocenters. The van der Waals surface area contributed by atoms with Gasteiger partial charge < -0.3 is 10.2 Å². The van der Waals surface area contributed by atoms with Gasteiger partial charge in [-0.05, 0) is 23.6 Å². The van der Waals surface area contributed by atoms with Crippen molar-refractivity contribution < 1.29 is 9.59 Å². The Labute approximate surface area is 141 Å². The Morgan fingerprint density at radius 1 is 1.38 bits per heavy atom. The molecule has 0 aliphatic carbocycles. The van der Waals surface area contributed by atoms with E-state index in [0.717, 1.165) is 17.7 Å². The minimum absolute atomic E-state index is 0.0481. The van der Waals surface area contributed by atoms with Crippen LogP contribution < -0.4 is 5.32 Å². The first-order chi connectivity index (χ1) is 11.5. The molecule has 0 bridgehead atoms. The highest BCUT2D eigenvalue weighted by Crippen LogP contribution is 2.28. The normalized spacial score (nSPS) is 18.5. The number of aromatic nitrogens is 2. The van der Waals surface area contributed by atoms with Crippen molar-refractivity contribution in [1.29, 1.82) is 0 Å².